The molecular weight excluding hydrogens is 240 g/mol. The van der Waals surface area contributed by atoms with Gasteiger partial charge in [0.25, 0.3) is 6.43 Å². The smallest absolute Gasteiger partial charge is 0.339 e. The summed E-state index contributed by atoms with van der Waals surface area (Å²) in [7, 11) is 0. The van der Waals surface area contributed by atoms with Gasteiger partial charge in [0, 0.05) is 23.8 Å². The Kier molecular flexibility index (Phi) is 4.61. The van der Waals surface area contributed by atoms with E-state index in [0.29, 0.717) is 0 Å². The predicted molar refractivity (Wildman–Crippen MR) is 54.7 cm³/mol. The second-order valence-electron chi connectivity index (χ2n) is 2.92. The van der Waals surface area contributed by atoms with Crippen LogP contribution in [0, 0.1) is 0 Å². The highest BCUT2D eigenvalue weighted by Crippen LogP contribution is 2.26. The van der Waals surface area contributed by atoms with Gasteiger partial charge in [-0.2, -0.15) is 0 Å². The van der Waals surface area contributed by atoms with Gasteiger partial charge in [0.15, 0.2) is 0 Å². The third-order valence-electron chi connectivity index (χ3n) is 1.91. The number of pyridine rings is 1. The first-order chi connectivity index (χ1) is 7.61. The molecule has 0 aliphatic rings. The summed E-state index contributed by atoms with van der Waals surface area (Å²) >= 11 is 5.56. The first kappa shape index (κ1) is 12.8. The molecule has 6 heteroatoms. The molecule has 0 saturated carbocycles. The van der Waals surface area contributed by atoms with Gasteiger partial charge >= 0.3 is 5.97 Å². The van der Waals surface area contributed by atoms with Crippen LogP contribution in [0.25, 0.3) is 0 Å². The first-order valence-electron chi connectivity index (χ1n) is 4.59. The molecule has 0 aliphatic heterocycles. The number of esters is 1. The molecule has 0 spiro atoms. The molecule has 0 amide bonds. The van der Waals surface area contributed by atoms with Gasteiger partial charge in [-0.05, 0) is 6.92 Å². The molecular formula is C10H10ClF2NO2. The van der Waals surface area contributed by atoms with Crippen LogP contribution < -0.4 is 0 Å². The Morgan fingerprint density at radius 2 is 2.25 bits per heavy atom. The van der Waals surface area contributed by atoms with Crippen molar-refractivity contribution >= 4 is 17.6 Å². The van der Waals surface area contributed by atoms with Crippen LogP contribution in [0.15, 0.2) is 12.4 Å². The zero-order valence-corrected chi connectivity index (χ0v) is 9.30. The number of nitrogens with zero attached hydrogens (tertiary/aromatic N) is 1. The molecule has 0 atom stereocenters. The van der Waals surface area contributed by atoms with E-state index in [-0.39, 0.29) is 23.6 Å². The third kappa shape index (κ3) is 2.66. The van der Waals surface area contributed by atoms with Crippen molar-refractivity contribution in [2.24, 2.45) is 0 Å². The van der Waals surface area contributed by atoms with E-state index in [1.54, 1.807) is 6.92 Å². The quantitative estimate of drug-likeness (QED) is 0.608. The molecule has 0 saturated heterocycles. The van der Waals surface area contributed by atoms with E-state index in [2.05, 4.69) is 4.98 Å². The van der Waals surface area contributed by atoms with Crippen LogP contribution in [0.5, 0.6) is 0 Å². The Balaban J connectivity index is 3.24. The summed E-state index contributed by atoms with van der Waals surface area (Å²) in [6, 6.07) is 0. The molecule has 0 aliphatic carbocycles. The highest BCUT2D eigenvalue weighted by atomic mass is 35.5. The van der Waals surface area contributed by atoms with Crippen LogP contribution >= 0.6 is 11.6 Å². The van der Waals surface area contributed by atoms with E-state index in [0.717, 1.165) is 6.20 Å². The van der Waals surface area contributed by atoms with Gasteiger partial charge in [0.05, 0.1) is 17.7 Å². The van der Waals surface area contributed by atoms with Crippen molar-refractivity contribution in [2.75, 3.05) is 6.61 Å². The standard InChI is InChI=1S/C10H10ClF2NO2/c1-2-16-10(15)8-6(3-11)4-14-5-7(8)9(12)13/h4-5,9H,2-3H2,1H3. The molecule has 0 radical (unpaired) electrons. The molecule has 3 nitrogen and oxygen atoms in total. The number of rotatable bonds is 4. The minimum atomic E-state index is -2.78. The second kappa shape index (κ2) is 5.75. The fourth-order valence-electron chi connectivity index (χ4n) is 1.24. The molecule has 16 heavy (non-hydrogen) atoms. The number of carbonyl (C=O) groups is 1. The van der Waals surface area contributed by atoms with Gasteiger partial charge in [0.2, 0.25) is 0 Å². The van der Waals surface area contributed by atoms with Crippen molar-refractivity contribution in [3.8, 4) is 0 Å². The summed E-state index contributed by atoms with van der Waals surface area (Å²) in [5, 5.41) is 0. The minimum Gasteiger partial charge on any atom is -0.462 e. The highest BCUT2D eigenvalue weighted by molar-refractivity contribution is 6.17. The maximum absolute atomic E-state index is 12.7. The number of hydrogen-bond acceptors (Lipinski definition) is 3. The molecule has 0 aromatic carbocycles. The number of hydrogen-bond donors (Lipinski definition) is 0. The zero-order chi connectivity index (χ0) is 12.1. The molecule has 1 aromatic heterocycles. The van der Waals surface area contributed by atoms with Gasteiger partial charge in [-0.1, -0.05) is 0 Å². The summed E-state index contributed by atoms with van der Waals surface area (Å²) < 4.78 is 30.0. The summed E-state index contributed by atoms with van der Waals surface area (Å²) in [6.07, 6.45) is -0.548. The lowest BCUT2D eigenvalue weighted by molar-refractivity contribution is 0.0514. The Bertz CT molecular complexity index is 385. The van der Waals surface area contributed by atoms with Gasteiger partial charge in [0.1, 0.15) is 0 Å². The van der Waals surface area contributed by atoms with Crippen LogP contribution in [0.2, 0.25) is 0 Å². The highest BCUT2D eigenvalue weighted by Gasteiger charge is 2.22. The van der Waals surface area contributed by atoms with Crippen molar-refractivity contribution in [1.29, 1.82) is 0 Å². The monoisotopic (exact) mass is 249 g/mol. The van der Waals surface area contributed by atoms with Crippen molar-refractivity contribution in [3.05, 3.63) is 29.1 Å². The lowest BCUT2D eigenvalue weighted by Gasteiger charge is -2.10. The molecule has 0 fully saturated rings. The molecule has 1 aromatic rings. The van der Waals surface area contributed by atoms with Gasteiger partial charge in [-0.25, -0.2) is 13.6 Å². The number of ether oxygens (including phenoxy) is 1. The Hall–Kier alpha value is -1.23. The SMILES string of the molecule is CCOC(=O)c1c(CCl)cncc1C(F)F. The summed E-state index contributed by atoms with van der Waals surface area (Å²) in [4.78, 5) is 15.1. The normalized spacial score (nSPS) is 10.6. The Labute approximate surface area is 96.4 Å². The molecule has 0 bridgehead atoms. The number of alkyl halides is 3. The molecule has 1 rings (SSSR count). The van der Waals surface area contributed by atoms with Crippen LogP contribution in [0.3, 0.4) is 0 Å². The number of aromatic nitrogens is 1. The van der Waals surface area contributed by atoms with Crippen molar-refractivity contribution < 1.29 is 18.3 Å². The minimum absolute atomic E-state index is 0.0678. The van der Waals surface area contributed by atoms with Gasteiger partial charge in [-0.15, -0.1) is 11.6 Å². The summed E-state index contributed by atoms with van der Waals surface area (Å²) in [5.41, 5.74) is -0.378. The van der Waals surface area contributed by atoms with Crippen molar-refractivity contribution in [3.63, 3.8) is 0 Å². The number of halogens is 3. The third-order valence-corrected chi connectivity index (χ3v) is 2.20. The van der Waals surface area contributed by atoms with Crippen molar-refractivity contribution in [1.82, 2.24) is 4.98 Å². The maximum Gasteiger partial charge on any atom is 0.339 e. The fraction of sp³-hybridized carbons (Fsp3) is 0.400. The summed E-state index contributed by atoms with van der Waals surface area (Å²) in [6.45, 7) is 1.72. The lowest BCUT2D eigenvalue weighted by atomic mass is 10.1. The number of carbonyl (C=O) groups excluding carboxylic acids is 1. The van der Waals surface area contributed by atoms with E-state index in [1.807, 2.05) is 0 Å². The molecule has 1 heterocycles. The topological polar surface area (TPSA) is 39.2 Å². The Morgan fingerprint density at radius 3 is 2.75 bits per heavy atom. The predicted octanol–water partition coefficient (Wildman–Crippen LogP) is 2.93. The lowest BCUT2D eigenvalue weighted by Crippen LogP contribution is -2.12. The van der Waals surface area contributed by atoms with E-state index < -0.39 is 18.0 Å². The largest absolute Gasteiger partial charge is 0.462 e. The van der Waals surface area contributed by atoms with Crippen LogP contribution in [0.4, 0.5) is 8.78 Å². The molecule has 0 unspecified atom stereocenters. The molecule has 88 valence electrons. The van der Waals surface area contributed by atoms with Crippen molar-refractivity contribution in [2.45, 2.75) is 19.2 Å². The van der Waals surface area contributed by atoms with Crippen LogP contribution in [-0.2, 0) is 10.6 Å². The zero-order valence-electron chi connectivity index (χ0n) is 8.54. The van der Waals surface area contributed by atoms with E-state index >= 15 is 0 Å². The second-order valence-corrected chi connectivity index (χ2v) is 3.18. The average molecular weight is 250 g/mol. The van der Waals surface area contributed by atoms with Crippen LogP contribution in [0.1, 0.15) is 34.8 Å². The summed E-state index contributed by atoms with van der Waals surface area (Å²) in [5.74, 6) is -0.863. The maximum atomic E-state index is 12.7. The average Bonchev–Trinajstić information content (AvgIpc) is 2.28. The first-order valence-corrected chi connectivity index (χ1v) is 5.13. The van der Waals surface area contributed by atoms with Gasteiger partial charge in [-0.3, -0.25) is 4.98 Å². The van der Waals surface area contributed by atoms with E-state index in [1.165, 1.54) is 6.20 Å². The molecule has 0 N–H and O–H groups in total. The Morgan fingerprint density at radius 1 is 1.56 bits per heavy atom. The van der Waals surface area contributed by atoms with Crippen LogP contribution in [-0.4, -0.2) is 17.6 Å². The van der Waals surface area contributed by atoms with Gasteiger partial charge < -0.3 is 4.74 Å². The fourth-order valence-corrected chi connectivity index (χ4v) is 1.44. The van der Waals surface area contributed by atoms with E-state index in [9.17, 15) is 13.6 Å². The van der Waals surface area contributed by atoms with E-state index in [4.69, 9.17) is 16.3 Å².